The number of benzene rings is 1. The molecule has 0 aliphatic rings. The van der Waals surface area contributed by atoms with Gasteiger partial charge < -0.3 is 63.3 Å². The van der Waals surface area contributed by atoms with Gasteiger partial charge in [-0.15, -0.1) is 0 Å². The zero-order valence-electron chi connectivity index (χ0n) is 30.9. The van der Waals surface area contributed by atoms with Crippen molar-refractivity contribution in [1.82, 2.24) is 36.8 Å². The maximum Gasteiger partial charge on any atom is 0.257 e. The Morgan fingerprint density at radius 2 is 1.46 bits per heavy atom. The van der Waals surface area contributed by atoms with Crippen LogP contribution in [0.25, 0.3) is 0 Å². The van der Waals surface area contributed by atoms with Crippen LogP contribution in [0.2, 0.25) is 0 Å². The second kappa shape index (κ2) is 24.0. The molecule has 0 aromatic heterocycles. The number of rotatable bonds is 24. The van der Waals surface area contributed by atoms with E-state index in [0.717, 1.165) is 49.6 Å². The molecule has 0 radical (unpaired) electrons. The third-order valence-corrected chi connectivity index (χ3v) is 8.02. The van der Waals surface area contributed by atoms with Gasteiger partial charge in [0.05, 0.1) is 32.2 Å². The fourth-order valence-electron chi connectivity index (χ4n) is 4.94. The van der Waals surface area contributed by atoms with Crippen LogP contribution >= 0.6 is 0 Å². The number of amides is 8. The molecule has 1 aromatic carbocycles. The van der Waals surface area contributed by atoms with E-state index in [2.05, 4.69) is 38.8 Å². The number of nitrogens with two attached hydrogens (primary N) is 2. The van der Waals surface area contributed by atoms with E-state index in [1.54, 1.807) is 24.3 Å². The highest BCUT2D eigenvalue weighted by Crippen LogP contribution is 2.10. The molecule has 0 fully saturated rings. The third-order valence-electron chi connectivity index (χ3n) is 8.02. The van der Waals surface area contributed by atoms with Gasteiger partial charge in [0.25, 0.3) is 11.8 Å². The predicted molar refractivity (Wildman–Crippen MR) is 192 cm³/mol. The molecule has 0 spiro atoms. The summed E-state index contributed by atoms with van der Waals surface area (Å²) in [6.45, 7) is 2.55. The van der Waals surface area contributed by atoms with E-state index < -0.39 is 110 Å². The van der Waals surface area contributed by atoms with Crippen LogP contribution in [0.5, 0.6) is 0 Å². The van der Waals surface area contributed by atoms with Crippen LogP contribution in [-0.2, 0) is 44.8 Å². The molecule has 0 saturated carbocycles. The summed E-state index contributed by atoms with van der Waals surface area (Å²) in [5.74, 6) is -7.36. The Morgan fingerprint density at radius 3 is 2.02 bits per heavy atom. The van der Waals surface area contributed by atoms with Crippen LogP contribution in [0.1, 0.15) is 68.8 Å². The Balaban J connectivity index is 2.74. The number of nitrogens with zero attached hydrogens (tertiary/aromatic N) is 1. The first kappa shape index (κ1) is 46.6. The van der Waals surface area contributed by atoms with Crippen LogP contribution in [0.4, 0.5) is 0 Å². The molecule has 0 aliphatic heterocycles. The molecule has 0 aliphatic carbocycles. The van der Waals surface area contributed by atoms with E-state index in [1.807, 2.05) is 0 Å². The quantitative estimate of drug-likeness (QED) is 0.0272. The largest absolute Gasteiger partial charge is 0.394 e. The van der Waals surface area contributed by atoms with Gasteiger partial charge in [-0.1, -0.05) is 38.3 Å². The molecule has 300 valence electrons. The summed E-state index contributed by atoms with van der Waals surface area (Å²) < 4.78 is 0. The monoisotopic (exact) mass is 763 g/mol. The molecular formula is C34H53N9O11. The van der Waals surface area contributed by atoms with Gasteiger partial charge >= 0.3 is 0 Å². The Kier molecular flexibility index (Phi) is 20.7. The van der Waals surface area contributed by atoms with E-state index in [-0.39, 0.29) is 5.56 Å². The molecule has 1 rings (SSSR count). The number of hydrogen-bond donors (Lipinski definition) is 10. The highest BCUT2D eigenvalue weighted by Gasteiger charge is 2.34. The summed E-state index contributed by atoms with van der Waals surface area (Å²) in [6, 6.07) is 0.905. The molecule has 0 saturated heterocycles. The van der Waals surface area contributed by atoms with E-state index in [0.29, 0.717) is 6.29 Å². The van der Waals surface area contributed by atoms with Crippen molar-refractivity contribution in [2.45, 2.75) is 95.7 Å². The summed E-state index contributed by atoms with van der Waals surface area (Å²) in [5, 5.41) is 33.4. The van der Waals surface area contributed by atoms with Gasteiger partial charge in [0.15, 0.2) is 6.17 Å². The summed E-state index contributed by atoms with van der Waals surface area (Å²) >= 11 is 0. The van der Waals surface area contributed by atoms with Crippen molar-refractivity contribution in [2.24, 2.45) is 11.5 Å². The van der Waals surface area contributed by atoms with Crippen LogP contribution in [0, 0.1) is 0 Å². The summed E-state index contributed by atoms with van der Waals surface area (Å²) in [6.07, 6.45) is 1.77. The van der Waals surface area contributed by atoms with Gasteiger partial charge in [0, 0.05) is 12.6 Å². The molecule has 54 heavy (non-hydrogen) atoms. The smallest absolute Gasteiger partial charge is 0.257 e. The van der Waals surface area contributed by atoms with Crippen LogP contribution < -0.4 is 43.4 Å². The fraction of sp³-hybridized carbons (Fsp3) is 0.559. The molecule has 8 amide bonds. The lowest BCUT2D eigenvalue weighted by molar-refractivity contribution is -0.144. The van der Waals surface area contributed by atoms with Crippen molar-refractivity contribution in [1.29, 1.82) is 0 Å². The average Bonchev–Trinajstić information content (AvgIpc) is 3.12. The molecule has 20 nitrogen and oxygen atoms in total. The number of primary amides is 1. The van der Waals surface area contributed by atoms with E-state index in [9.17, 15) is 53.4 Å². The van der Waals surface area contributed by atoms with Crippen molar-refractivity contribution in [3.05, 3.63) is 35.4 Å². The third kappa shape index (κ3) is 16.0. The van der Waals surface area contributed by atoms with Crippen LogP contribution in [0.3, 0.4) is 0 Å². The molecule has 12 N–H and O–H groups in total. The second-order valence-corrected chi connectivity index (χ2v) is 12.5. The second-order valence-electron chi connectivity index (χ2n) is 12.5. The minimum atomic E-state index is -1.73. The minimum Gasteiger partial charge on any atom is -0.394 e. The fourth-order valence-corrected chi connectivity index (χ4v) is 4.94. The maximum atomic E-state index is 13.0. The number of carbonyl (C=O) groups is 9. The van der Waals surface area contributed by atoms with E-state index in [4.69, 9.17) is 11.5 Å². The molecule has 1 aromatic rings. The lowest BCUT2D eigenvalue weighted by Gasteiger charge is -2.30. The molecule has 2 unspecified atom stereocenters. The van der Waals surface area contributed by atoms with E-state index in [1.165, 1.54) is 13.8 Å². The Morgan fingerprint density at radius 1 is 0.815 bits per heavy atom. The van der Waals surface area contributed by atoms with Gasteiger partial charge in [-0.3, -0.25) is 38.4 Å². The van der Waals surface area contributed by atoms with Gasteiger partial charge in [-0.25, -0.2) is 0 Å². The van der Waals surface area contributed by atoms with Gasteiger partial charge in [0.2, 0.25) is 35.4 Å². The summed E-state index contributed by atoms with van der Waals surface area (Å²) in [7, 11) is 1.13. The Hall–Kier alpha value is -5.47. The molecule has 6 atom stereocenters. The number of likely N-dealkylation sites (N-methyl/N-ethyl adjacent to an activating group) is 1. The lowest BCUT2D eigenvalue weighted by atomic mass is 10.0. The van der Waals surface area contributed by atoms with Crippen molar-refractivity contribution >= 4 is 53.5 Å². The van der Waals surface area contributed by atoms with Crippen molar-refractivity contribution in [3.63, 3.8) is 0 Å². The number of carbonyl (C=O) groups excluding carboxylic acids is 9. The van der Waals surface area contributed by atoms with Gasteiger partial charge in [-0.05, 0) is 44.4 Å². The molecule has 20 heteroatoms. The SMILES string of the molecule is CCCCCCc1ccc(C(=O)N[C@H](CO)C(=O)N[C@H](N)C(=O)NCC(=O)N(C)[C@H](C(=O)N[C@@H](C)C(=O)NC(CC(N)=O)C(=O)NCC=O)C(C)O)cc1. The van der Waals surface area contributed by atoms with Gasteiger partial charge in [-0.2, -0.15) is 0 Å². The maximum absolute atomic E-state index is 13.0. The number of aldehydes is 1. The zero-order valence-corrected chi connectivity index (χ0v) is 30.9. The highest BCUT2D eigenvalue weighted by molar-refractivity contribution is 5.99. The van der Waals surface area contributed by atoms with Crippen LogP contribution in [-0.4, -0.2) is 132 Å². The topological polar surface area (TPSA) is 322 Å². The standard InChI is InChI=1S/C34H53N9O11/c1-5-6-7-8-9-21-10-12-22(13-11-21)30(50)41-24(18-45)32(52)42-28(36)34(54)38-17-26(48)43(4)27(20(3)46)33(53)39-19(2)29(49)40-23(16-25(35)47)31(51)37-14-15-44/h10-13,15,19-20,23-24,27-28,45-46H,5-9,14,16-18,36H2,1-4H3,(H2,35,47)(H,37,51)(H,38,54)(H,39,53)(H,40,49)(H,41,50)(H,42,52)/t19-,20?,23?,24+,27-,28-/m0/s1. The molecule has 0 bridgehead atoms. The zero-order chi connectivity index (χ0) is 41.0. The van der Waals surface area contributed by atoms with Crippen LogP contribution in [0.15, 0.2) is 24.3 Å². The Labute approximate surface area is 312 Å². The number of aliphatic hydroxyl groups is 2. The number of unbranched alkanes of at least 4 members (excludes halogenated alkanes) is 3. The Bertz CT molecular complexity index is 1470. The lowest BCUT2D eigenvalue weighted by Crippen LogP contribution is -2.60. The van der Waals surface area contributed by atoms with E-state index >= 15 is 0 Å². The molecule has 0 heterocycles. The first-order chi connectivity index (χ1) is 25.5. The first-order valence-corrected chi connectivity index (χ1v) is 17.4. The normalized spacial score (nSPS) is 14.1. The van der Waals surface area contributed by atoms with Crippen molar-refractivity contribution in [2.75, 3.05) is 26.7 Å². The number of nitrogens with one attached hydrogen (secondary N) is 6. The minimum absolute atomic E-state index is 0.246. The number of hydrogen-bond acceptors (Lipinski definition) is 12. The average molecular weight is 764 g/mol. The van der Waals surface area contributed by atoms with Crippen molar-refractivity contribution in [3.8, 4) is 0 Å². The highest BCUT2D eigenvalue weighted by atomic mass is 16.3. The summed E-state index contributed by atoms with van der Waals surface area (Å²) in [5.41, 5.74) is 12.2. The van der Waals surface area contributed by atoms with Gasteiger partial charge in [0.1, 0.15) is 30.5 Å². The first-order valence-electron chi connectivity index (χ1n) is 17.4. The molecular weight excluding hydrogens is 710 g/mol. The van der Waals surface area contributed by atoms with Crippen molar-refractivity contribution < 1.29 is 53.4 Å². The predicted octanol–water partition coefficient (Wildman–Crippen LogP) is -4.19. The number of aryl methyl sites for hydroxylation is 1. The number of aliphatic hydroxyl groups excluding tert-OH is 2. The summed E-state index contributed by atoms with van der Waals surface area (Å²) in [4.78, 5) is 112.